The van der Waals surface area contributed by atoms with Crippen molar-refractivity contribution < 1.29 is 23.0 Å². The second-order valence-electron chi connectivity index (χ2n) is 4.81. The molecule has 1 aromatic carbocycles. The molecule has 0 saturated heterocycles. The molecular formula is C15H15F3N2O2. The Hall–Kier alpha value is -2.15. The number of hydrogen-bond donors (Lipinski definition) is 1. The highest BCUT2D eigenvalue weighted by Crippen LogP contribution is 2.25. The maximum Gasteiger partial charge on any atom is 0.573 e. The number of aromatic nitrogens is 2. The summed E-state index contributed by atoms with van der Waals surface area (Å²) in [5.74, 6) is 0.361. The third kappa shape index (κ3) is 5.00. The van der Waals surface area contributed by atoms with E-state index >= 15 is 0 Å². The van der Waals surface area contributed by atoms with Gasteiger partial charge in [0.05, 0.1) is 6.10 Å². The highest BCUT2D eigenvalue weighted by atomic mass is 19.4. The van der Waals surface area contributed by atoms with Crippen LogP contribution in [0.5, 0.6) is 5.75 Å². The molecule has 0 radical (unpaired) electrons. The van der Waals surface area contributed by atoms with E-state index in [1.807, 2.05) is 0 Å². The third-order valence-electron chi connectivity index (χ3n) is 3.04. The molecule has 0 spiro atoms. The number of hydrogen-bond acceptors (Lipinski definition) is 4. The Morgan fingerprint density at radius 3 is 2.27 bits per heavy atom. The normalized spacial score (nSPS) is 13.0. The van der Waals surface area contributed by atoms with Gasteiger partial charge in [0.2, 0.25) is 0 Å². The molecule has 1 N–H and O–H groups in total. The van der Waals surface area contributed by atoms with Crippen LogP contribution in [0.25, 0.3) is 0 Å². The van der Waals surface area contributed by atoms with Crippen molar-refractivity contribution in [1.29, 1.82) is 0 Å². The molecule has 0 aliphatic heterocycles. The number of aryl methyl sites for hydroxylation is 2. The zero-order valence-electron chi connectivity index (χ0n) is 11.8. The summed E-state index contributed by atoms with van der Waals surface area (Å²) < 4.78 is 39.9. The molecule has 1 atom stereocenters. The van der Waals surface area contributed by atoms with Crippen LogP contribution in [0.4, 0.5) is 13.2 Å². The second kappa shape index (κ2) is 6.74. The quantitative estimate of drug-likeness (QED) is 0.920. The first-order valence-electron chi connectivity index (χ1n) is 6.65. The number of aliphatic hydroxyl groups excluding tert-OH is 1. The predicted molar refractivity (Wildman–Crippen MR) is 73.2 cm³/mol. The Bertz CT molecular complexity index is 598. The minimum atomic E-state index is -4.72. The first kappa shape index (κ1) is 16.2. The summed E-state index contributed by atoms with van der Waals surface area (Å²) in [7, 11) is 0. The van der Waals surface area contributed by atoms with E-state index in [1.165, 1.54) is 24.3 Å². The first-order chi connectivity index (χ1) is 10.3. The molecule has 0 bridgehead atoms. The van der Waals surface area contributed by atoms with Crippen LogP contribution in [-0.4, -0.2) is 21.4 Å². The van der Waals surface area contributed by atoms with Crippen molar-refractivity contribution in [3.63, 3.8) is 0 Å². The lowest BCUT2D eigenvalue weighted by atomic mass is 10.0. The van der Waals surface area contributed by atoms with E-state index < -0.39 is 12.5 Å². The van der Waals surface area contributed by atoms with Gasteiger partial charge in [0, 0.05) is 12.4 Å². The Balaban J connectivity index is 1.92. The molecular weight excluding hydrogens is 297 g/mol. The van der Waals surface area contributed by atoms with Gasteiger partial charge < -0.3 is 9.84 Å². The molecule has 4 nitrogen and oxygen atoms in total. The van der Waals surface area contributed by atoms with Crippen molar-refractivity contribution in [1.82, 2.24) is 9.97 Å². The fraction of sp³-hybridized carbons (Fsp3) is 0.333. The summed E-state index contributed by atoms with van der Waals surface area (Å²) >= 11 is 0. The summed E-state index contributed by atoms with van der Waals surface area (Å²) in [6.07, 6.45) is -1.12. The molecule has 118 valence electrons. The van der Waals surface area contributed by atoms with Crippen LogP contribution in [0.1, 0.15) is 29.5 Å². The van der Waals surface area contributed by atoms with Crippen molar-refractivity contribution in [2.45, 2.75) is 32.2 Å². The molecule has 0 fully saturated rings. The molecule has 1 unspecified atom stereocenters. The number of aliphatic hydroxyl groups is 1. The Morgan fingerprint density at radius 1 is 1.14 bits per heavy atom. The SMILES string of the molecule is Cc1ncc(CCC(O)c2ccc(OC(F)(F)F)cc2)cn1. The van der Waals surface area contributed by atoms with Gasteiger partial charge in [-0.3, -0.25) is 0 Å². The highest BCUT2D eigenvalue weighted by Gasteiger charge is 2.31. The monoisotopic (exact) mass is 312 g/mol. The molecule has 1 aromatic heterocycles. The predicted octanol–water partition coefficient (Wildman–Crippen LogP) is 3.35. The minimum Gasteiger partial charge on any atom is -0.406 e. The fourth-order valence-electron chi connectivity index (χ4n) is 1.91. The van der Waals surface area contributed by atoms with Crippen LogP contribution in [0.3, 0.4) is 0 Å². The van der Waals surface area contributed by atoms with Crippen molar-refractivity contribution >= 4 is 0 Å². The van der Waals surface area contributed by atoms with E-state index in [1.54, 1.807) is 19.3 Å². The van der Waals surface area contributed by atoms with E-state index in [-0.39, 0.29) is 5.75 Å². The number of ether oxygens (including phenoxy) is 1. The average Bonchev–Trinajstić information content (AvgIpc) is 2.45. The topological polar surface area (TPSA) is 55.2 Å². The lowest BCUT2D eigenvalue weighted by Gasteiger charge is -2.13. The van der Waals surface area contributed by atoms with Crippen molar-refractivity contribution in [2.24, 2.45) is 0 Å². The van der Waals surface area contributed by atoms with Gasteiger partial charge in [-0.15, -0.1) is 13.2 Å². The molecule has 2 rings (SSSR count). The Morgan fingerprint density at radius 2 is 1.73 bits per heavy atom. The van der Waals surface area contributed by atoms with Crippen molar-refractivity contribution in [3.8, 4) is 5.75 Å². The summed E-state index contributed by atoms with van der Waals surface area (Å²) in [5, 5.41) is 10.1. The number of rotatable bonds is 5. The smallest absolute Gasteiger partial charge is 0.406 e. The van der Waals surface area contributed by atoms with E-state index in [4.69, 9.17) is 0 Å². The van der Waals surface area contributed by atoms with Crippen LogP contribution in [0.2, 0.25) is 0 Å². The number of halogens is 3. The average molecular weight is 312 g/mol. The van der Waals surface area contributed by atoms with Gasteiger partial charge in [0.15, 0.2) is 0 Å². The Kier molecular flexibility index (Phi) is 4.97. The lowest BCUT2D eigenvalue weighted by molar-refractivity contribution is -0.274. The van der Waals surface area contributed by atoms with E-state index in [2.05, 4.69) is 14.7 Å². The maximum absolute atomic E-state index is 12.1. The molecule has 0 aliphatic carbocycles. The van der Waals surface area contributed by atoms with Gasteiger partial charge in [-0.2, -0.15) is 0 Å². The molecule has 2 aromatic rings. The van der Waals surface area contributed by atoms with Crippen LogP contribution >= 0.6 is 0 Å². The lowest BCUT2D eigenvalue weighted by Crippen LogP contribution is -2.17. The zero-order chi connectivity index (χ0) is 16.2. The molecule has 22 heavy (non-hydrogen) atoms. The second-order valence-corrected chi connectivity index (χ2v) is 4.81. The van der Waals surface area contributed by atoms with Crippen LogP contribution in [-0.2, 0) is 6.42 Å². The van der Waals surface area contributed by atoms with Gasteiger partial charge in [0.1, 0.15) is 11.6 Å². The van der Waals surface area contributed by atoms with Crippen LogP contribution < -0.4 is 4.74 Å². The van der Waals surface area contributed by atoms with Gasteiger partial charge in [0.25, 0.3) is 0 Å². The number of alkyl halides is 3. The summed E-state index contributed by atoms with van der Waals surface area (Å²) in [6.45, 7) is 1.78. The summed E-state index contributed by atoms with van der Waals surface area (Å²) in [6, 6.07) is 5.19. The fourth-order valence-corrected chi connectivity index (χ4v) is 1.91. The molecule has 0 amide bonds. The van der Waals surface area contributed by atoms with Gasteiger partial charge in [-0.05, 0) is 43.0 Å². The molecule has 7 heteroatoms. The third-order valence-corrected chi connectivity index (χ3v) is 3.04. The largest absolute Gasteiger partial charge is 0.573 e. The first-order valence-corrected chi connectivity index (χ1v) is 6.65. The Labute approximate surface area is 125 Å². The van der Waals surface area contributed by atoms with E-state index in [0.717, 1.165) is 5.56 Å². The highest BCUT2D eigenvalue weighted by molar-refractivity contribution is 5.28. The van der Waals surface area contributed by atoms with Crippen molar-refractivity contribution in [2.75, 3.05) is 0 Å². The minimum absolute atomic E-state index is 0.310. The van der Waals surface area contributed by atoms with E-state index in [9.17, 15) is 18.3 Å². The maximum atomic E-state index is 12.1. The van der Waals surface area contributed by atoms with Crippen LogP contribution in [0, 0.1) is 6.92 Å². The summed E-state index contributed by atoms with van der Waals surface area (Å²) in [4.78, 5) is 8.12. The van der Waals surface area contributed by atoms with Gasteiger partial charge >= 0.3 is 6.36 Å². The van der Waals surface area contributed by atoms with Crippen molar-refractivity contribution in [3.05, 3.63) is 53.6 Å². The van der Waals surface area contributed by atoms with E-state index in [0.29, 0.717) is 24.2 Å². The van der Waals surface area contributed by atoms with Gasteiger partial charge in [-0.1, -0.05) is 12.1 Å². The molecule has 0 aliphatic rings. The standard InChI is InChI=1S/C15H15F3N2O2/c1-10-19-8-11(9-20-10)2-7-14(21)12-3-5-13(6-4-12)22-15(16,17)18/h3-6,8-9,14,21H,2,7H2,1H3. The molecule has 0 saturated carbocycles. The number of benzene rings is 1. The van der Waals surface area contributed by atoms with Gasteiger partial charge in [-0.25, -0.2) is 9.97 Å². The summed E-state index contributed by atoms with van der Waals surface area (Å²) in [5.41, 5.74) is 1.42. The molecule has 1 heterocycles. The number of nitrogens with zero attached hydrogens (tertiary/aromatic N) is 2. The van der Waals surface area contributed by atoms with Crippen LogP contribution in [0.15, 0.2) is 36.7 Å². The zero-order valence-corrected chi connectivity index (χ0v) is 11.8.